The molecule has 0 bridgehead atoms. The summed E-state index contributed by atoms with van der Waals surface area (Å²) >= 11 is 0. The summed E-state index contributed by atoms with van der Waals surface area (Å²) in [6, 6.07) is 3.88. The lowest BCUT2D eigenvalue weighted by atomic mass is 10.3. The average molecular weight is 288 g/mol. The van der Waals surface area contributed by atoms with Crippen molar-refractivity contribution in [3.63, 3.8) is 0 Å². The maximum Gasteiger partial charge on any atom is 0.229 e. The van der Waals surface area contributed by atoms with E-state index in [2.05, 4.69) is 27.4 Å². The number of aryl methyl sites for hydroxylation is 1. The highest BCUT2D eigenvalue weighted by Crippen LogP contribution is 2.38. The summed E-state index contributed by atoms with van der Waals surface area (Å²) in [5.41, 5.74) is 1.88. The minimum absolute atomic E-state index is 0.306. The van der Waals surface area contributed by atoms with Crippen molar-refractivity contribution < 1.29 is 9.26 Å². The quantitative estimate of drug-likeness (QED) is 0.843. The second-order valence-corrected chi connectivity index (χ2v) is 5.29. The molecule has 112 valence electrons. The van der Waals surface area contributed by atoms with Crippen LogP contribution < -0.4 is 10.1 Å². The zero-order valence-corrected chi connectivity index (χ0v) is 12.4. The third kappa shape index (κ3) is 3.58. The molecule has 1 saturated carbocycles. The van der Waals surface area contributed by atoms with Gasteiger partial charge in [-0.2, -0.15) is 4.98 Å². The van der Waals surface area contributed by atoms with E-state index in [0.29, 0.717) is 24.9 Å². The normalized spacial score (nSPS) is 14.4. The highest BCUT2D eigenvalue weighted by Gasteiger charge is 2.29. The van der Waals surface area contributed by atoms with Crippen LogP contribution in [0.25, 0.3) is 0 Å². The predicted molar refractivity (Wildman–Crippen MR) is 77.0 cm³/mol. The Morgan fingerprint density at radius 2 is 2.19 bits per heavy atom. The lowest BCUT2D eigenvalue weighted by Gasteiger charge is -2.10. The Labute approximate surface area is 123 Å². The second-order valence-electron chi connectivity index (χ2n) is 5.29. The molecule has 0 radical (unpaired) electrons. The number of aromatic nitrogens is 3. The van der Waals surface area contributed by atoms with Crippen molar-refractivity contribution in [2.24, 2.45) is 0 Å². The number of ether oxygens (including phenoxy) is 1. The van der Waals surface area contributed by atoms with E-state index in [1.807, 2.05) is 19.1 Å². The molecule has 0 aromatic carbocycles. The second kappa shape index (κ2) is 6.22. The van der Waals surface area contributed by atoms with Gasteiger partial charge < -0.3 is 14.6 Å². The van der Waals surface area contributed by atoms with E-state index in [1.54, 1.807) is 0 Å². The van der Waals surface area contributed by atoms with Gasteiger partial charge in [0.05, 0.1) is 5.69 Å². The molecule has 0 saturated heterocycles. The number of hydrogen-bond acceptors (Lipinski definition) is 6. The van der Waals surface area contributed by atoms with Gasteiger partial charge in [-0.25, -0.2) is 0 Å². The first-order valence-corrected chi connectivity index (χ1v) is 7.38. The van der Waals surface area contributed by atoms with Crippen LogP contribution in [0.3, 0.4) is 0 Å². The molecule has 0 aliphatic heterocycles. The smallest absolute Gasteiger partial charge is 0.229 e. The molecule has 0 atom stereocenters. The number of hydrogen-bond donors (Lipinski definition) is 1. The molecule has 1 N–H and O–H groups in total. The van der Waals surface area contributed by atoms with Crippen LogP contribution in [0.4, 0.5) is 0 Å². The topological polar surface area (TPSA) is 73.1 Å². The van der Waals surface area contributed by atoms with Crippen molar-refractivity contribution in [1.29, 1.82) is 0 Å². The predicted octanol–water partition coefficient (Wildman–Crippen LogP) is 2.34. The highest BCUT2D eigenvalue weighted by molar-refractivity contribution is 5.29. The Balaban J connectivity index is 1.65. The van der Waals surface area contributed by atoms with Crippen LogP contribution in [0.5, 0.6) is 5.75 Å². The third-order valence-electron chi connectivity index (χ3n) is 3.38. The van der Waals surface area contributed by atoms with E-state index >= 15 is 0 Å². The zero-order valence-electron chi connectivity index (χ0n) is 12.4. The van der Waals surface area contributed by atoms with E-state index in [0.717, 1.165) is 42.4 Å². The fourth-order valence-corrected chi connectivity index (χ4v) is 2.06. The molecule has 0 spiro atoms. The Morgan fingerprint density at radius 1 is 1.33 bits per heavy atom. The summed E-state index contributed by atoms with van der Waals surface area (Å²) in [4.78, 5) is 8.87. The molecule has 0 amide bonds. The minimum atomic E-state index is 0.306. The summed E-state index contributed by atoms with van der Waals surface area (Å²) in [5, 5.41) is 7.22. The first kappa shape index (κ1) is 14.0. The number of pyridine rings is 1. The monoisotopic (exact) mass is 288 g/mol. The maximum absolute atomic E-state index is 5.80. The zero-order chi connectivity index (χ0) is 14.7. The van der Waals surface area contributed by atoms with Gasteiger partial charge in [-0.05, 0) is 38.4 Å². The van der Waals surface area contributed by atoms with Crippen LogP contribution in [0.15, 0.2) is 16.7 Å². The minimum Gasteiger partial charge on any atom is -0.484 e. The average Bonchev–Trinajstić information content (AvgIpc) is 3.23. The summed E-state index contributed by atoms with van der Waals surface area (Å²) in [6.07, 6.45) is 2.30. The van der Waals surface area contributed by atoms with Gasteiger partial charge in [0, 0.05) is 18.2 Å². The Hall–Kier alpha value is -1.95. The van der Waals surface area contributed by atoms with Gasteiger partial charge in [0.15, 0.2) is 6.61 Å². The van der Waals surface area contributed by atoms with Gasteiger partial charge in [0.1, 0.15) is 5.75 Å². The molecule has 2 aromatic heterocycles. The molecule has 2 aromatic rings. The van der Waals surface area contributed by atoms with E-state index in [9.17, 15) is 0 Å². The van der Waals surface area contributed by atoms with Crippen LogP contribution in [0.2, 0.25) is 0 Å². The maximum atomic E-state index is 5.80. The fraction of sp³-hybridized carbons (Fsp3) is 0.533. The summed E-state index contributed by atoms with van der Waals surface area (Å²) in [7, 11) is 0. The van der Waals surface area contributed by atoms with Gasteiger partial charge in [0.2, 0.25) is 11.7 Å². The summed E-state index contributed by atoms with van der Waals surface area (Å²) in [5.74, 6) is 2.56. The fourth-order valence-electron chi connectivity index (χ4n) is 2.06. The summed E-state index contributed by atoms with van der Waals surface area (Å²) < 4.78 is 11.0. The first-order chi connectivity index (χ1) is 10.3. The SMILES string of the molecule is CCNCc1nc(C)ccc1OCc1noc(C2CC2)n1. The molecule has 1 aliphatic carbocycles. The van der Waals surface area contributed by atoms with Gasteiger partial charge >= 0.3 is 0 Å². The molecule has 0 unspecified atom stereocenters. The lowest BCUT2D eigenvalue weighted by molar-refractivity contribution is 0.280. The molecule has 3 rings (SSSR count). The molecule has 1 fully saturated rings. The van der Waals surface area contributed by atoms with Crippen molar-refractivity contribution in [2.75, 3.05) is 6.54 Å². The van der Waals surface area contributed by atoms with Crippen LogP contribution >= 0.6 is 0 Å². The van der Waals surface area contributed by atoms with Crippen molar-refractivity contribution >= 4 is 0 Å². The first-order valence-electron chi connectivity index (χ1n) is 7.38. The largest absolute Gasteiger partial charge is 0.484 e. The van der Waals surface area contributed by atoms with E-state index < -0.39 is 0 Å². The van der Waals surface area contributed by atoms with E-state index in [1.165, 1.54) is 0 Å². The van der Waals surface area contributed by atoms with Gasteiger partial charge in [-0.15, -0.1) is 0 Å². The Morgan fingerprint density at radius 3 is 2.95 bits per heavy atom. The van der Waals surface area contributed by atoms with Crippen LogP contribution in [0, 0.1) is 6.92 Å². The molecule has 21 heavy (non-hydrogen) atoms. The number of rotatable bonds is 7. The highest BCUT2D eigenvalue weighted by atomic mass is 16.5. The van der Waals surface area contributed by atoms with Crippen molar-refractivity contribution in [2.45, 2.75) is 45.8 Å². The van der Waals surface area contributed by atoms with Crippen LogP contribution in [-0.2, 0) is 13.2 Å². The molecule has 6 heteroatoms. The standard InChI is InChI=1S/C15H20N4O2/c1-3-16-8-12-13(7-4-10(2)17-12)20-9-14-18-15(21-19-14)11-5-6-11/h4,7,11,16H,3,5-6,8-9H2,1-2H3. The molecule has 1 aliphatic rings. The lowest BCUT2D eigenvalue weighted by Crippen LogP contribution is -2.14. The van der Waals surface area contributed by atoms with Crippen molar-refractivity contribution in [3.8, 4) is 5.75 Å². The van der Waals surface area contributed by atoms with Crippen molar-refractivity contribution in [1.82, 2.24) is 20.4 Å². The Bertz CT molecular complexity index is 607. The van der Waals surface area contributed by atoms with E-state index in [-0.39, 0.29) is 0 Å². The van der Waals surface area contributed by atoms with E-state index in [4.69, 9.17) is 9.26 Å². The molecule has 6 nitrogen and oxygen atoms in total. The Kier molecular flexibility index (Phi) is 4.15. The van der Waals surface area contributed by atoms with Crippen molar-refractivity contribution in [3.05, 3.63) is 35.2 Å². The van der Waals surface area contributed by atoms with Crippen LogP contribution in [-0.4, -0.2) is 21.7 Å². The van der Waals surface area contributed by atoms with Crippen LogP contribution in [0.1, 0.15) is 48.8 Å². The van der Waals surface area contributed by atoms with Gasteiger partial charge in [-0.1, -0.05) is 12.1 Å². The number of nitrogens with zero attached hydrogens (tertiary/aromatic N) is 3. The van der Waals surface area contributed by atoms with Gasteiger partial charge in [-0.3, -0.25) is 4.98 Å². The summed E-state index contributed by atoms with van der Waals surface area (Å²) in [6.45, 7) is 5.92. The third-order valence-corrected chi connectivity index (χ3v) is 3.38. The van der Waals surface area contributed by atoms with Gasteiger partial charge in [0.25, 0.3) is 0 Å². The molecule has 2 heterocycles. The molecular formula is C15H20N4O2. The number of nitrogens with one attached hydrogen (secondary N) is 1. The molecular weight excluding hydrogens is 268 g/mol.